The first kappa shape index (κ1) is 11.9. The van der Waals surface area contributed by atoms with Crippen LogP contribution < -0.4 is 5.73 Å². The predicted octanol–water partition coefficient (Wildman–Crippen LogP) is 3.14. The number of nitrogens with zero attached hydrogens (tertiary/aromatic N) is 3. The van der Waals surface area contributed by atoms with Crippen LogP contribution in [-0.4, -0.2) is 15.1 Å². The maximum Gasteiger partial charge on any atom is 0.260 e. The van der Waals surface area contributed by atoms with E-state index in [2.05, 4.69) is 31.1 Å². The Kier molecular flexibility index (Phi) is 3.00. The summed E-state index contributed by atoms with van der Waals surface area (Å²) in [5.74, 6) is 0.905. The number of rotatable bonds is 2. The second kappa shape index (κ2) is 4.81. The lowest BCUT2D eigenvalue weighted by atomic mass is 10.2. The highest BCUT2D eigenvalue weighted by atomic mass is 79.9. The zero-order valence-corrected chi connectivity index (χ0v) is 11.3. The monoisotopic (exact) mass is 316 g/mol. The van der Waals surface area contributed by atoms with Crippen molar-refractivity contribution in [2.75, 3.05) is 5.73 Å². The SMILES string of the molecule is Nc1cnccc1-c1nc(-c2cccc(Br)c2)no1. The molecular formula is C13H9BrN4O. The Morgan fingerprint density at radius 1 is 1.21 bits per heavy atom. The van der Waals surface area contributed by atoms with E-state index in [9.17, 15) is 0 Å². The fraction of sp³-hybridized carbons (Fsp3) is 0. The van der Waals surface area contributed by atoms with Gasteiger partial charge in [-0.3, -0.25) is 4.98 Å². The van der Waals surface area contributed by atoms with Crippen molar-refractivity contribution in [2.45, 2.75) is 0 Å². The minimum absolute atomic E-state index is 0.384. The topological polar surface area (TPSA) is 77.8 Å². The predicted molar refractivity (Wildman–Crippen MR) is 75.1 cm³/mol. The molecule has 1 aromatic carbocycles. The molecule has 2 heterocycles. The van der Waals surface area contributed by atoms with E-state index in [-0.39, 0.29) is 0 Å². The van der Waals surface area contributed by atoms with Crippen molar-refractivity contribution in [3.63, 3.8) is 0 Å². The van der Waals surface area contributed by atoms with E-state index in [4.69, 9.17) is 10.3 Å². The van der Waals surface area contributed by atoms with Crippen molar-refractivity contribution in [3.8, 4) is 22.8 Å². The molecule has 0 unspecified atom stereocenters. The lowest BCUT2D eigenvalue weighted by Crippen LogP contribution is -1.90. The van der Waals surface area contributed by atoms with E-state index < -0.39 is 0 Å². The zero-order chi connectivity index (χ0) is 13.2. The average Bonchev–Trinajstić information content (AvgIpc) is 2.89. The summed E-state index contributed by atoms with van der Waals surface area (Å²) >= 11 is 3.41. The maximum absolute atomic E-state index is 5.83. The first-order valence-electron chi connectivity index (χ1n) is 5.53. The van der Waals surface area contributed by atoms with Crippen molar-refractivity contribution in [3.05, 3.63) is 47.2 Å². The second-order valence-electron chi connectivity index (χ2n) is 3.90. The summed E-state index contributed by atoms with van der Waals surface area (Å²) in [6.07, 6.45) is 3.19. The van der Waals surface area contributed by atoms with Gasteiger partial charge in [0.05, 0.1) is 17.4 Å². The molecule has 0 aliphatic carbocycles. The van der Waals surface area contributed by atoms with Gasteiger partial charge in [0.1, 0.15) is 0 Å². The number of pyridine rings is 1. The summed E-state index contributed by atoms with van der Waals surface area (Å²) in [7, 11) is 0. The van der Waals surface area contributed by atoms with Crippen molar-refractivity contribution in [1.82, 2.24) is 15.1 Å². The van der Waals surface area contributed by atoms with E-state index >= 15 is 0 Å². The maximum atomic E-state index is 5.83. The fourth-order valence-electron chi connectivity index (χ4n) is 1.68. The number of aromatic nitrogens is 3. The van der Waals surface area contributed by atoms with Gasteiger partial charge in [-0.25, -0.2) is 0 Å². The number of halogens is 1. The molecule has 0 fully saturated rings. The Labute approximate surface area is 117 Å². The molecule has 0 radical (unpaired) electrons. The van der Waals surface area contributed by atoms with Crippen LogP contribution in [0.2, 0.25) is 0 Å². The molecule has 19 heavy (non-hydrogen) atoms. The standard InChI is InChI=1S/C13H9BrN4O/c14-9-3-1-2-8(6-9)12-17-13(19-18-12)10-4-5-16-7-11(10)15/h1-7H,15H2. The van der Waals surface area contributed by atoms with Crippen LogP contribution in [0.4, 0.5) is 5.69 Å². The van der Waals surface area contributed by atoms with Gasteiger partial charge in [-0.1, -0.05) is 33.2 Å². The van der Waals surface area contributed by atoms with E-state index in [1.807, 2.05) is 24.3 Å². The van der Waals surface area contributed by atoms with Gasteiger partial charge in [0.25, 0.3) is 5.89 Å². The molecule has 0 aliphatic rings. The molecule has 6 heteroatoms. The Hall–Kier alpha value is -2.21. The average molecular weight is 317 g/mol. The number of nitrogens with two attached hydrogens (primary N) is 1. The highest BCUT2D eigenvalue weighted by Gasteiger charge is 2.12. The van der Waals surface area contributed by atoms with Crippen LogP contribution in [0, 0.1) is 0 Å². The minimum Gasteiger partial charge on any atom is -0.397 e. The van der Waals surface area contributed by atoms with Crippen molar-refractivity contribution in [1.29, 1.82) is 0 Å². The number of hydrogen-bond donors (Lipinski definition) is 1. The third kappa shape index (κ3) is 2.34. The van der Waals surface area contributed by atoms with Gasteiger partial charge in [-0.05, 0) is 18.2 Å². The van der Waals surface area contributed by atoms with Gasteiger partial charge in [-0.2, -0.15) is 4.98 Å². The van der Waals surface area contributed by atoms with Crippen LogP contribution >= 0.6 is 15.9 Å². The summed E-state index contributed by atoms with van der Waals surface area (Å²) in [4.78, 5) is 8.27. The summed E-state index contributed by atoms with van der Waals surface area (Å²) in [5, 5.41) is 3.96. The van der Waals surface area contributed by atoms with Gasteiger partial charge >= 0.3 is 0 Å². The molecule has 0 amide bonds. The molecule has 0 spiro atoms. The number of nitrogen functional groups attached to an aromatic ring is 1. The molecule has 0 saturated carbocycles. The Morgan fingerprint density at radius 2 is 2.11 bits per heavy atom. The van der Waals surface area contributed by atoms with Gasteiger partial charge < -0.3 is 10.3 Å². The molecule has 2 aromatic heterocycles. The van der Waals surface area contributed by atoms with E-state index in [1.165, 1.54) is 0 Å². The molecule has 3 aromatic rings. The number of benzene rings is 1. The van der Waals surface area contributed by atoms with Crippen LogP contribution in [0.25, 0.3) is 22.8 Å². The third-order valence-corrected chi connectivity index (χ3v) is 3.08. The number of anilines is 1. The van der Waals surface area contributed by atoms with Crippen LogP contribution in [0.15, 0.2) is 51.7 Å². The quantitative estimate of drug-likeness (QED) is 0.785. The Morgan fingerprint density at radius 3 is 2.89 bits per heavy atom. The molecular weight excluding hydrogens is 308 g/mol. The van der Waals surface area contributed by atoms with Crippen LogP contribution in [-0.2, 0) is 0 Å². The fourth-order valence-corrected chi connectivity index (χ4v) is 2.08. The summed E-state index contributed by atoms with van der Waals surface area (Å²) in [6.45, 7) is 0. The zero-order valence-electron chi connectivity index (χ0n) is 9.75. The van der Waals surface area contributed by atoms with Crippen LogP contribution in [0.3, 0.4) is 0 Å². The highest BCUT2D eigenvalue weighted by Crippen LogP contribution is 2.26. The smallest absolute Gasteiger partial charge is 0.260 e. The molecule has 0 saturated heterocycles. The first-order valence-corrected chi connectivity index (χ1v) is 6.33. The van der Waals surface area contributed by atoms with Gasteiger partial charge in [0, 0.05) is 16.2 Å². The first-order chi connectivity index (χ1) is 9.24. The van der Waals surface area contributed by atoms with E-state index in [0.29, 0.717) is 23.0 Å². The number of hydrogen-bond acceptors (Lipinski definition) is 5. The van der Waals surface area contributed by atoms with E-state index in [1.54, 1.807) is 18.5 Å². The largest absolute Gasteiger partial charge is 0.397 e. The third-order valence-electron chi connectivity index (χ3n) is 2.59. The highest BCUT2D eigenvalue weighted by molar-refractivity contribution is 9.10. The Bertz CT molecular complexity index is 726. The van der Waals surface area contributed by atoms with Crippen LogP contribution in [0.1, 0.15) is 0 Å². The molecule has 0 bridgehead atoms. The van der Waals surface area contributed by atoms with Crippen molar-refractivity contribution in [2.24, 2.45) is 0 Å². The van der Waals surface area contributed by atoms with Crippen molar-refractivity contribution >= 4 is 21.6 Å². The van der Waals surface area contributed by atoms with Gasteiger partial charge in [-0.15, -0.1) is 0 Å². The van der Waals surface area contributed by atoms with Gasteiger partial charge in [0.2, 0.25) is 5.82 Å². The molecule has 0 aliphatic heterocycles. The molecule has 3 rings (SSSR count). The normalized spacial score (nSPS) is 10.6. The molecule has 0 atom stereocenters. The van der Waals surface area contributed by atoms with Gasteiger partial charge in [0.15, 0.2) is 0 Å². The molecule has 2 N–H and O–H groups in total. The molecule has 5 nitrogen and oxygen atoms in total. The Balaban J connectivity index is 2.03. The summed E-state index contributed by atoms with van der Waals surface area (Å²) in [5.41, 5.74) is 7.89. The van der Waals surface area contributed by atoms with Crippen LogP contribution in [0.5, 0.6) is 0 Å². The molecule has 94 valence electrons. The second-order valence-corrected chi connectivity index (χ2v) is 4.81. The minimum atomic E-state index is 0.384. The summed E-state index contributed by atoms with van der Waals surface area (Å²) < 4.78 is 6.20. The van der Waals surface area contributed by atoms with Crippen molar-refractivity contribution < 1.29 is 4.52 Å². The van der Waals surface area contributed by atoms with E-state index in [0.717, 1.165) is 10.0 Å². The summed E-state index contributed by atoms with van der Waals surface area (Å²) in [6, 6.07) is 9.43. The lowest BCUT2D eigenvalue weighted by molar-refractivity contribution is 0.432. The lowest BCUT2D eigenvalue weighted by Gasteiger charge is -1.97.